The van der Waals surface area contributed by atoms with Crippen LogP contribution in [-0.2, 0) is 0 Å². The average molecular weight is 1600 g/mol. The molecule has 8 bridgehead atoms. The van der Waals surface area contributed by atoms with E-state index in [9.17, 15) is 0 Å². The summed E-state index contributed by atoms with van der Waals surface area (Å²) in [4.78, 5) is 19.5. The first-order valence-electron chi connectivity index (χ1n) is 46.7. The minimum Gasteiger partial charge on any atom is -0.490 e. The van der Waals surface area contributed by atoms with Crippen LogP contribution in [0.25, 0.3) is 68.6 Å². The molecule has 0 fully saturated rings. The zero-order chi connectivity index (χ0) is 84.6. The van der Waals surface area contributed by atoms with Crippen LogP contribution >= 0.6 is 0 Å². The highest BCUT2D eigenvalue weighted by Gasteiger charge is 2.42. The number of rotatable bonds is 53. The van der Waals surface area contributed by atoms with E-state index in [0.29, 0.717) is 173 Å². The first-order chi connectivity index (χ1) is 55.4. The Bertz CT molecular complexity index is 3880. The average Bonchev–Trinajstić information content (AvgIpc) is 1.58. The van der Waals surface area contributed by atoms with Crippen molar-refractivity contribution in [2.75, 3.05) is 39.6 Å². The van der Waals surface area contributed by atoms with Gasteiger partial charge in [0.2, 0.25) is 11.5 Å². The third kappa shape index (κ3) is 30.5. The van der Waals surface area contributed by atoms with Crippen LogP contribution < -0.4 is 28.4 Å². The number of nitrogens with one attached hydrogen (secondary N) is 2. The van der Waals surface area contributed by atoms with Gasteiger partial charge in [0.1, 0.15) is 8.07 Å². The molecule has 0 amide bonds. The number of hydrogen-bond donors (Lipinski definition) is 2. The second-order valence-corrected chi connectivity index (χ2v) is 44.9. The molecule has 2 aliphatic heterocycles. The van der Waals surface area contributed by atoms with Crippen LogP contribution in [0.15, 0.2) is 48.5 Å². The van der Waals surface area contributed by atoms with Gasteiger partial charge in [-0.25, -0.2) is 9.97 Å². The van der Waals surface area contributed by atoms with Gasteiger partial charge in [-0.3, -0.25) is 0 Å². The van der Waals surface area contributed by atoms with Crippen molar-refractivity contribution in [1.82, 2.24) is 19.9 Å². The van der Waals surface area contributed by atoms with Crippen molar-refractivity contribution in [2.45, 2.75) is 337 Å². The number of nitrogens with zero attached hydrogens (tertiary/aromatic N) is 2. The van der Waals surface area contributed by atoms with Crippen LogP contribution in [0.5, 0.6) is 34.5 Å². The molecule has 2 aliphatic rings. The molecule has 642 valence electrons. The molecule has 10 nitrogen and oxygen atoms in total. The van der Waals surface area contributed by atoms with Crippen LogP contribution in [0.2, 0.25) is 16.6 Å². The van der Waals surface area contributed by atoms with E-state index in [1.165, 1.54) is 89.9 Å². The van der Waals surface area contributed by atoms with Crippen molar-refractivity contribution < 1.29 is 28.4 Å². The first-order valence-corrected chi connectivity index (χ1v) is 48.9. The van der Waals surface area contributed by atoms with Gasteiger partial charge < -0.3 is 38.4 Å². The Morgan fingerprint density at radius 2 is 0.560 bits per heavy atom. The molecule has 6 atom stereocenters. The summed E-state index contributed by atoms with van der Waals surface area (Å²) < 4.78 is 43.0. The molecule has 11 heteroatoms. The third-order valence-corrected chi connectivity index (χ3v) is 31.1. The van der Waals surface area contributed by atoms with Gasteiger partial charge in [-0.15, -0.1) is 12.0 Å². The van der Waals surface area contributed by atoms with Crippen LogP contribution in [-0.4, -0.2) is 67.7 Å². The van der Waals surface area contributed by atoms with Crippen molar-refractivity contribution in [3.8, 4) is 80.6 Å². The molecule has 2 aromatic carbocycles. The van der Waals surface area contributed by atoms with Crippen LogP contribution in [0.1, 0.15) is 354 Å². The maximum Gasteiger partial charge on any atom is 0.203 e. The molecule has 5 heterocycles. The molecule has 0 radical (unpaired) electrons. The molecule has 3 aromatic heterocycles. The van der Waals surface area contributed by atoms with E-state index in [4.69, 9.17) is 44.8 Å². The summed E-state index contributed by atoms with van der Waals surface area (Å²) in [5.74, 6) is 18.3. The SMILES string of the molecule is C#Cc1c2nc(c(-c3cc(OCC[C@@H](C)CCCC(C)C)c(OCC[C@@H](C)CCCC(C)C)c(OCC[C@@H](C)CCCC(C)C)c3)c3ccc([nH]3)c(C#C[Si](C(C)C)(C(C)C)C(C)C)c3nc(c(-c4cc(OCC[C@@H](C)CCCC(C)C)c(OCC[C@@H](C)CCCC(C)C)c(OCC[C@@H](C)CCCC(C)C)c4)c4ccc1[nH]4)C=C3)C=C2. The molecule has 0 saturated heterocycles. The Labute approximate surface area is 709 Å². The van der Waals surface area contributed by atoms with E-state index < -0.39 is 8.07 Å². The maximum absolute atomic E-state index is 7.18. The topological polar surface area (TPSA) is 113 Å². The van der Waals surface area contributed by atoms with Crippen LogP contribution in [0, 0.1) is 94.8 Å². The lowest BCUT2D eigenvalue weighted by Gasteiger charge is -2.38. The summed E-state index contributed by atoms with van der Waals surface area (Å²) in [6.07, 6.45) is 42.5. The third-order valence-electron chi connectivity index (χ3n) is 24.8. The minimum absolute atomic E-state index is 0.395. The highest BCUT2D eigenvalue weighted by atomic mass is 28.3. The molecular formula is C105H162N4O6Si. The summed E-state index contributed by atoms with van der Waals surface area (Å²) >= 11 is 0. The molecule has 2 N–H and O–H groups in total. The predicted molar refractivity (Wildman–Crippen MR) is 503 cm³/mol. The fraction of sp³-hybridized carbons (Fsp3) is 0.657. The van der Waals surface area contributed by atoms with Gasteiger partial charge in [-0.1, -0.05) is 294 Å². The van der Waals surface area contributed by atoms with Crippen molar-refractivity contribution in [2.24, 2.45) is 71.0 Å². The smallest absolute Gasteiger partial charge is 0.203 e. The van der Waals surface area contributed by atoms with E-state index in [-0.39, 0.29) is 0 Å². The minimum atomic E-state index is -2.35. The molecule has 7 rings (SSSR count). The van der Waals surface area contributed by atoms with Gasteiger partial charge >= 0.3 is 0 Å². The maximum atomic E-state index is 7.18. The summed E-state index contributed by atoms with van der Waals surface area (Å²) in [5, 5.41) is 0. The van der Waals surface area contributed by atoms with Gasteiger partial charge in [0, 0.05) is 22.2 Å². The van der Waals surface area contributed by atoms with E-state index in [0.717, 1.165) is 131 Å². The number of fused-ring (bicyclic) bond motifs is 8. The van der Waals surface area contributed by atoms with Gasteiger partial charge in [0.25, 0.3) is 0 Å². The number of hydrogen-bond acceptors (Lipinski definition) is 8. The molecule has 5 aromatic rings. The summed E-state index contributed by atoms with van der Waals surface area (Å²) in [7, 11) is -2.35. The zero-order valence-electron chi connectivity index (χ0n) is 77.7. The summed E-state index contributed by atoms with van der Waals surface area (Å²) in [6, 6.07) is 17.4. The Hall–Kier alpha value is -6.82. The molecule has 0 unspecified atom stereocenters. The second-order valence-electron chi connectivity index (χ2n) is 39.3. The van der Waals surface area contributed by atoms with Gasteiger partial charge in [0.05, 0.1) is 84.6 Å². The number of H-pyrrole nitrogens is 2. The van der Waals surface area contributed by atoms with E-state index in [2.05, 4.69) is 266 Å². The molecule has 0 saturated carbocycles. The number of aromatic amines is 2. The number of aromatic nitrogens is 4. The Morgan fingerprint density at radius 1 is 0.310 bits per heavy atom. The lowest BCUT2D eigenvalue weighted by Crippen LogP contribution is -2.43. The predicted octanol–water partition coefficient (Wildman–Crippen LogP) is 30.9. The largest absolute Gasteiger partial charge is 0.490 e. The molecule has 116 heavy (non-hydrogen) atoms. The van der Waals surface area contributed by atoms with Crippen molar-refractivity contribution in [1.29, 1.82) is 0 Å². The highest BCUT2D eigenvalue weighted by molar-refractivity contribution is 6.90. The van der Waals surface area contributed by atoms with E-state index >= 15 is 0 Å². The van der Waals surface area contributed by atoms with E-state index in [1.54, 1.807) is 0 Å². The highest BCUT2D eigenvalue weighted by Crippen LogP contribution is 2.48. The summed E-state index contributed by atoms with van der Waals surface area (Å²) in [5.41, 5.74) is 16.6. The van der Waals surface area contributed by atoms with Crippen LogP contribution in [0.4, 0.5) is 0 Å². The number of ether oxygens (including phenoxy) is 6. The van der Waals surface area contributed by atoms with Crippen molar-refractivity contribution in [3.05, 3.63) is 82.4 Å². The van der Waals surface area contributed by atoms with Crippen molar-refractivity contribution in [3.63, 3.8) is 0 Å². The van der Waals surface area contributed by atoms with Crippen molar-refractivity contribution >= 4 is 54.4 Å². The second kappa shape index (κ2) is 49.0. The van der Waals surface area contributed by atoms with Gasteiger partial charge in [-0.2, -0.15) is 0 Å². The summed E-state index contributed by atoms with van der Waals surface area (Å²) in [6.45, 7) is 59.7. The standard InChI is InChI=1S/C105H162N4O6Si/c1-26-88-90-45-49-94(106-90)102(86-67-98(110-60-53-80(20)39-27-33-71(2)3)104(114-64-57-84(24)43-31-37-75(10)11)99(68-86)111-61-54-81(21)40-28-34-72(4)5)96-51-47-92(108-96)89(59-66-116(77(14)15,78(16)17)79(18)19)93-48-52-97(109-93)103(95-50-46-91(88)107-95)87-69-100(112-62-55-82(22)41-29-35-73(6)7)105(115-65-58-85(25)44-32-38-76(12)13)101(70-87)113-63-56-83(23)42-30-36-74(8)9/h1,45-52,67-85,106,109H,27-44,53-58,60-65H2,2-25H3/t80-,81-,82-,83-,84-,85-/m0/s1. The van der Waals surface area contributed by atoms with Gasteiger partial charge in [-0.05, 0) is 210 Å². The lowest BCUT2D eigenvalue weighted by atomic mass is 9.97. The van der Waals surface area contributed by atoms with Crippen LogP contribution in [0.3, 0.4) is 0 Å². The Morgan fingerprint density at radius 3 is 0.828 bits per heavy atom. The molecular weight excluding hydrogens is 1440 g/mol. The zero-order valence-corrected chi connectivity index (χ0v) is 78.7. The fourth-order valence-corrected chi connectivity index (χ4v) is 22.4. The molecule has 0 aliphatic carbocycles. The molecule has 0 spiro atoms. The monoisotopic (exact) mass is 1600 g/mol. The quantitative estimate of drug-likeness (QED) is 0.0286. The first kappa shape index (κ1) is 96.3. The van der Waals surface area contributed by atoms with Gasteiger partial charge in [0.15, 0.2) is 23.0 Å². The fourth-order valence-electron chi connectivity index (χ4n) is 17.2. The van der Waals surface area contributed by atoms with E-state index in [1.807, 2.05) is 0 Å². The Balaban J connectivity index is 1.56. The Kier molecular flexibility index (Phi) is 40.7. The lowest BCUT2D eigenvalue weighted by molar-refractivity contribution is 0.216. The normalized spacial score (nSPS) is 14.0. The number of benzene rings is 2. The number of terminal acetylenes is 1.